The molecule has 2 fully saturated rings. The van der Waals surface area contributed by atoms with Crippen LogP contribution in [0.3, 0.4) is 0 Å². The smallest absolute Gasteiger partial charge is 0.255 e. The Bertz CT molecular complexity index is 2220. The van der Waals surface area contributed by atoms with Crippen LogP contribution in [0.25, 0.3) is 0 Å². The number of halogens is 1. The summed E-state index contributed by atoms with van der Waals surface area (Å²) in [5.41, 5.74) is 3.54. The summed E-state index contributed by atoms with van der Waals surface area (Å²) in [6, 6.07) is 12.1. The number of Topliss-reactive ketones (excluding diaryl/α,β-unsaturated/α-hetero) is 3. The van der Waals surface area contributed by atoms with E-state index in [4.69, 9.17) is 16.3 Å². The molecule has 4 heterocycles. The third kappa shape index (κ3) is 10.8. The normalized spacial score (nSPS) is 17.2. The lowest BCUT2D eigenvalue weighted by Gasteiger charge is -2.35. The van der Waals surface area contributed by atoms with E-state index in [0.29, 0.717) is 82.5 Å². The van der Waals surface area contributed by atoms with Gasteiger partial charge in [-0.05, 0) is 69.0 Å². The minimum absolute atomic E-state index is 0.0382. The van der Waals surface area contributed by atoms with E-state index in [0.717, 1.165) is 56.1 Å². The molecule has 1 saturated heterocycles. The highest BCUT2D eigenvalue weighted by Gasteiger charge is 2.38. The van der Waals surface area contributed by atoms with E-state index in [1.807, 2.05) is 32.0 Å². The van der Waals surface area contributed by atoms with Gasteiger partial charge in [0.2, 0.25) is 5.91 Å². The van der Waals surface area contributed by atoms with Crippen molar-refractivity contribution in [1.82, 2.24) is 30.1 Å². The van der Waals surface area contributed by atoms with Gasteiger partial charge < -0.3 is 30.5 Å². The predicted molar refractivity (Wildman–Crippen MR) is 231 cm³/mol. The second kappa shape index (κ2) is 20.0. The maximum Gasteiger partial charge on any atom is 0.255 e. The minimum Gasteiger partial charge on any atom is -0.380 e. The average molecular weight is 856 g/mol. The number of benzene rings is 2. The number of carbonyl (C=O) groups excluding carboxylic acids is 5. The second-order valence-corrected chi connectivity index (χ2v) is 16.8. The van der Waals surface area contributed by atoms with Crippen LogP contribution < -0.4 is 20.9 Å². The number of thiazole rings is 1. The van der Waals surface area contributed by atoms with Crippen molar-refractivity contribution >= 4 is 74.6 Å². The quantitative estimate of drug-likeness (QED) is 0.0549. The zero-order chi connectivity index (χ0) is 42.2. The Labute approximate surface area is 358 Å². The molecule has 7 rings (SSSR count). The first kappa shape index (κ1) is 43.0. The van der Waals surface area contributed by atoms with Crippen molar-refractivity contribution in [1.29, 1.82) is 0 Å². The van der Waals surface area contributed by atoms with Crippen LogP contribution in [0.15, 0.2) is 48.7 Å². The first-order valence-electron chi connectivity index (χ1n) is 20.4. The lowest BCUT2D eigenvalue weighted by atomic mass is 10.0. The summed E-state index contributed by atoms with van der Waals surface area (Å²) in [6.07, 6.45) is 3.83. The minimum atomic E-state index is -0.616. The first-order chi connectivity index (χ1) is 29.0. The van der Waals surface area contributed by atoms with Crippen LogP contribution in [0.4, 0.5) is 22.5 Å². The standard InChI is InChI=1S/C43H50ClN9O6S/c1-27-7-3-10-33(44)31(27)22-37(56)38-24-46-43(60-38)50-39-23-40(48-28(2)47-39)52-16-14-51(15-17-52)18-20-59-19-6-13-45-25-41(57)49-34-11-5-9-30-32(34)26-53(42(30)58)35-12-4-8-29(54)21-36(35)55/h3,5,7,9-11,23-24,35,45H,4,6,8,12-22,25-26H2,1-2H3,(H,49,57)(H,46,47,48,50). The van der Waals surface area contributed by atoms with Crippen LogP contribution in [0.1, 0.15) is 74.6 Å². The van der Waals surface area contributed by atoms with Crippen LogP contribution in [0, 0.1) is 13.8 Å². The molecule has 1 unspecified atom stereocenters. The number of rotatable bonds is 17. The molecule has 1 atom stereocenters. The Hall–Kier alpha value is -5.13. The molecule has 15 nitrogen and oxygen atoms in total. The van der Waals surface area contributed by atoms with E-state index in [-0.39, 0.29) is 55.1 Å². The number of amides is 2. The van der Waals surface area contributed by atoms with Crippen molar-refractivity contribution < 1.29 is 28.7 Å². The Morgan fingerprint density at radius 2 is 1.83 bits per heavy atom. The summed E-state index contributed by atoms with van der Waals surface area (Å²) in [4.78, 5) is 84.0. The van der Waals surface area contributed by atoms with Gasteiger partial charge in [0.25, 0.3) is 5.91 Å². The number of nitrogens with one attached hydrogen (secondary N) is 3. The average Bonchev–Trinajstić information content (AvgIpc) is 3.78. The molecular formula is C43H50ClN9O6S. The maximum absolute atomic E-state index is 13.2. The highest BCUT2D eigenvalue weighted by Crippen LogP contribution is 2.33. The number of nitrogens with zero attached hydrogens (tertiary/aromatic N) is 6. The van der Waals surface area contributed by atoms with E-state index in [2.05, 4.69) is 40.7 Å². The molecule has 316 valence electrons. The molecule has 60 heavy (non-hydrogen) atoms. The van der Waals surface area contributed by atoms with Crippen LogP contribution in [0.2, 0.25) is 5.02 Å². The highest BCUT2D eigenvalue weighted by molar-refractivity contribution is 7.17. The fourth-order valence-corrected chi connectivity index (χ4v) is 8.83. The van der Waals surface area contributed by atoms with E-state index in [1.165, 1.54) is 11.3 Å². The SMILES string of the molecule is Cc1nc(Nc2ncc(C(=O)Cc3c(C)cccc3Cl)s2)cc(N2CCN(CCOCCCNCC(=O)Nc3cccc4c3CN(C3CCCC(=O)CC3=O)C4=O)CC2)n1. The van der Waals surface area contributed by atoms with Crippen molar-refractivity contribution in [3.05, 3.63) is 86.6 Å². The van der Waals surface area contributed by atoms with Crippen LogP contribution >= 0.6 is 22.9 Å². The predicted octanol–water partition coefficient (Wildman–Crippen LogP) is 5.17. The number of piperazine rings is 1. The first-order valence-corrected chi connectivity index (χ1v) is 21.6. The molecular weight excluding hydrogens is 806 g/mol. The molecule has 2 aromatic heterocycles. The molecule has 0 spiro atoms. The number of anilines is 4. The van der Waals surface area contributed by atoms with E-state index < -0.39 is 6.04 Å². The number of carbonyl (C=O) groups is 5. The van der Waals surface area contributed by atoms with Gasteiger partial charge in [-0.25, -0.2) is 15.0 Å². The summed E-state index contributed by atoms with van der Waals surface area (Å²) in [5, 5.41) is 10.5. The van der Waals surface area contributed by atoms with Crippen molar-refractivity contribution in [3.63, 3.8) is 0 Å². The van der Waals surface area contributed by atoms with E-state index in [1.54, 1.807) is 35.4 Å². The fourth-order valence-electron chi connectivity index (χ4n) is 7.79. The van der Waals surface area contributed by atoms with Crippen LogP contribution in [0.5, 0.6) is 0 Å². The summed E-state index contributed by atoms with van der Waals surface area (Å²) < 4.78 is 5.90. The molecule has 3 aliphatic rings. The highest BCUT2D eigenvalue weighted by atomic mass is 35.5. The number of ketones is 3. The van der Waals surface area contributed by atoms with Gasteiger partial charge >= 0.3 is 0 Å². The molecule has 1 aliphatic carbocycles. The molecule has 0 bridgehead atoms. The third-order valence-corrected chi connectivity index (χ3v) is 12.3. The molecule has 4 aromatic rings. The van der Waals surface area contributed by atoms with Crippen LogP contribution in [-0.4, -0.2) is 119 Å². The Balaban J connectivity index is 0.774. The van der Waals surface area contributed by atoms with Gasteiger partial charge in [-0.3, -0.25) is 28.9 Å². The van der Waals surface area contributed by atoms with Gasteiger partial charge in [-0.2, -0.15) is 0 Å². The fraction of sp³-hybridized carbons (Fsp3) is 0.442. The largest absolute Gasteiger partial charge is 0.380 e. The van der Waals surface area contributed by atoms with Crippen molar-refractivity contribution in [2.75, 3.05) is 74.6 Å². The third-order valence-electron chi connectivity index (χ3n) is 11.0. The molecule has 0 radical (unpaired) electrons. The number of ether oxygens (including phenoxy) is 1. The Morgan fingerprint density at radius 1 is 1.02 bits per heavy atom. The molecule has 2 amide bonds. The summed E-state index contributed by atoms with van der Waals surface area (Å²) in [7, 11) is 0. The van der Waals surface area contributed by atoms with E-state index in [9.17, 15) is 24.0 Å². The molecule has 1 saturated carbocycles. The topological polar surface area (TPSA) is 179 Å². The van der Waals surface area contributed by atoms with Gasteiger partial charge in [0, 0.05) is 86.6 Å². The lowest BCUT2D eigenvalue weighted by molar-refractivity contribution is -0.128. The zero-order valence-corrected chi connectivity index (χ0v) is 35.5. The van der Waals surface area contributed by atoms with Crippen molar-refractivity contribution in [3.8, 4) is 0 Å². The van der Waals surface area contributed by atoms with Gasteiger partial charge in [-0.15, -0.1) is 0 Å². The van der Waals surface area contributed by atoms with Crippen molar-refractivity contribution in [2.24, 2.45) is 0 Å². The second-order valence-electron chi connectivity index (χ2n) is 15.3. The van der Waals surface area contributed by atoms with Crippen molar-refractivity contribution in [2.45, 2.75) is 65.0 Å². The van der Waals surface area contributed by atoms with Gasteiger partial charge in [0.05, 0.1) is 36.7 Å². The van der Waals surface area contributed by atoms with Gasteiger partial charge in [0.15, 0.2) is 16.7 Å². The lowest BCUT2D eigenvalue weighted by Crippen LogP contribution is -2.47. The van der Waals surface area contributed by atoms with Crippen LogP contribution in [-0.2, 0) is 32.1 Å². The molecule has 3 N–H and O–H groups in total. The monoisotopic (exact) mass is 855 g/mol. The summed E-state index contributed by atoms with van der Waals surface area (Å²) in [5.74, 6) is 1.30. The summed E-state index contributed by atoms with van der Waals surface area (Å²) in [6.45, 7) is 10.1. The molecule has 2 aliphatic heterocycles. The number of hydrogen-bond donors (Lipinski definition) is 3. The number of aryl methyl sites for hydroxylation is 2. The molecule has 17 heteroatoms. The van der Waals surface area contributed by atoms with Gasteiger partial charge in [0.1, 0.15) is 23.2 Å². The number of hydrogen-bond acceptors (Lipinski definition) is 14. The number of fused-ring (bicyclic) bond motifs is 1. The summed E-state index contributed by atoms with van der Waals surface area (Å²) >= 11 is 7.64. The Morgan fingerprint density at radius 3 is 2.65 bits per heavy atom. The van der Waals surface area contributed by atoms with Gasteiger partial charge in [-0.1, -0.05) is 41.1 Å². The van der Waals surface area contributed by atoms with E-state index >= 15 is 0 Å². The number of aromatic nitrogens is 3. The zero-order valence-electron chi connectivity index (χ0n) is 33.9. The maximum atomic E-state index is 13.2. The Kier molecular flexibility index (Phi) is 14.3. The molecule has 2 aromatic carbocycles.